The monoisotopic (exact) mass is 412 g/mol. The molecule has 4 rings (SSSR count). The Morgan fingerprint density at radius 1 is 1.10 bits per heavy atom. The average Bonchev–Trinajstić information content (AvgIpc) is 2.76. The summed E-state index contributed by atoms with van der Waals surface area (Å²) in [5.74, 6) is 2.22. The van der Waals surface area contributed by atoms with Crippen molar-refractivity contribution in [3.05, 3.63) is 48.5 Å². The van der Waals surface area contributed by atoms with Crippen molar-refractivity contribution >= 4 is 29.3 Å². The van der Waals surface area contributed by atoms with E-state index in [0.717, 1.165) is 22.1 Å². The molecule has 0 saturated heterocycles. The fourth-order valence-electron chi connectivity index (χ4n) is 3.53. The van der Waals surface area contributed by atoms with Crippen LogP contribution in [-0.2, 0) is 9.59 Å². The molecule has 2 amide bonds. The standard InChI is InChI=1S/C22H24N2O4S/c1-23(14-16-15-27-18-7-3-4-8-19(18)28-16)21(25)10-11-22(26)24-12-13-29-20-9-5-2-6-17(20)24/h2-9,16H,10-15H2,1H3. The number of para-hydroxylation sites is 3. The molecule has 1 unspecified atom stereocenters. The van der Waals surface area contributed by atoms with Gasteiger partial charge in [0.1, 0.15) is 6.61 Å². The summed E-state index contributed by atoms with van der Waals surface area (Å²) in [4.78, 5) is 29.8. The Morgan fingerprint density at radius 2 is 1.86 bits per heavy atom. The van der Waals surface area contributed by atoms with E-state index in [4.69, 9.17) is 9.47 Å². The summed E-state index contributed by atoms with van der Waals surface area (Å²) in [6.45, 7) is 1.50. The molecule has 0 aliphatic carbocycles. The van der Waals surface area contributed by atoms with Crippen LogP contribution in [0.1, 0.15) is 12.8 Å². The number of nitrogens with zero attached hydrogens (tertiary/aromatic N) is 2. The molecule has 2 aromatic rings. The van der Waals surface area contributed by atoms with E-state index >= 15 is 0 Å². The molecule has 0 bridgehead atoms. The van der Waals surface area contributed by atoms with Crippen LogP contribution in [0.2, 0.25) is 0 Å². The quantitative estimate of drug-likeness (QED) is 0.755. The number of anilines is 1. The first kappa shape index (κ1) is 19.6. The number of hydrogen-bond donors (Lipinski definition) is 0. The first-order chi connectivity index (χ1) is 14.1. The first-order valence-electron chi connectivity index (χ1n) is 9.76. The van der Waals surface area contributed by atoms with E-state index in [9.17, 15) is 9.59 Å². The number of rotatable bonds is 5. The lowest BCUT2D eigenvalue weighted by atomic mass is 10.2. The number of carbonyl (C=O) groups is 2. The van der Waals surface area contributed by atoms with Gasteiger partial charge in [-0.2, -0.15) is 0 Å². The van der Waals surface area contributed by atoms with E-state index in [1.165, 1.54) is 0 Å². The van der Waals surface area contributed by atoms with E-state index < -0.39 is 0 Å². The van der Waals surface area contributed by atoms with Gasteiger partial charge >= 0.3 is 0 Å². The lowest BCUT2D eigenvalue weighted by molar-refractivity contribution is -0.133. The molecule has 0 fully saturated rings. The van der Waals surface area contributed by atoms with Crippen LogP contribution in [0.25, 0.3) is 0 Å². The maximum Gasteiger partial charge on any atom is 0.227 e. The van der Waals surface area contributed by atoms with Crippen molar-refractivity contribution in [1.29, 1.82) is 0 Å². The van der Waals surface area contributed by atoms with Gasteiger partial charge in [0.05, 0.1) is 12.2 Å². The third kappa shape index (κ3) is 4.50. The topological polar surface area (TPSA) is 59.1 Å². The molecule has 29 heavy (non-hydrogen) atoms. The summed E-state index contributed by atoms with van der Waals surface area (Å²) in [6, 6.07) is 15.4. The normalized spacial score (nSPS) is 17.4. The van der Waals surface area contributed by atoms with Crippen LogP contribution < -0.4 is 14.4 Å². The third-order valence-electron chi connectivity index (χ3n) is 5.05. The number of ether oxygens (including phenoxy) is 2. The number of hydrogen-bond acceptors (Lipinski definition) is 5. The Labute approximate surface area is 174 Å². The zero-order valence-corrected chi connectivity index (χ0v) is 17.2. The van der Waals surface area contributed by atoms with Gasteiger partial charge in [-0.25, -0.2) is 0 Å². The van der Waals surface area contributed by atoms with Gasteiger partial charge in [-0.05, 0) is 24.3 Å². The summed E-state index contributed by atoms with van der Waals surface area (Å²) in [5.41, 5.74) is 0.945. The van der Waals surface area contributed by atoms with Crippen LogP contribution in [0.5, 0.6) is 11.5 Å². The van der Waals surface area contributed by atoms with Crippen molar-refractivity contribution in [2.45, 2.75) is 23.8 Å². The van der Waals surface area contributed by atoms with Gasteiger partial charge in [-0.15, -0.1) is 11.8 Å². The maximum atomic E-state index is 12.7. The molecule has 7 heteroatoms. The second-order valence-electron chi connectivity index (χ2n) is 7.13. The molecule has 6 nitrogen and oxygen atoms in total. The zero-order chi connectivity index (χ0) is 20.2. The Kier molecular flexibility index (Phi) is 5.94. The molecule has 0 N–H and O–H groups in total. The van der Waals surface area contributed by atoms with Gasteiger partial charge in [0.2, 0.25) is 11.8 Å². The number of benzene rings is 2. The third-order valence-corrected chi connectivity index (χ3v) is 6.10. The average molecular weight is 413 g/mol. The second kappa shape index (κ2) is 8.78. The predicted molar refractivity (Wildman–Crippen MR) is 113 cm³/mol. The molecule has 152 valence electrons. The molecule has 0 saturated carbocycles. The molecule has 0 spiro atoms. The summed E-state index contributed by atoms with van der Waals surface area (Å²) >= 11 is 1.76. The number of carbonyl (C=O) groups excluding carboxylic acids is 2. The van der Waals surface area contributed by atoms with Crippen LogP contribution in [0.3, 0.4) is 0 Å². The van der Waals surface area contributed by atoms with Crippen LogP contribution in [0.15, 0.2) is 53.4 Å². The number of likely N-dealkylation sites (N-methyl/N-ethyl adjacent to an activating group) is 1. The Balaban J connectivity index is 1.28. The molecule has 0 radical (unpaired) electrons. The maximum absolute atomic E-state index is 12.7. The predicted octanol–water partition coefficient (Wildman–Crippen LogP) is 3.20. The van der Waals surface area contributed by atoms with E-state index in [0.29, 0.717) is 25.4 Å². The first-order valence-corrected chi connectivity index (χ1v) is 10.7. The van der Waals surface area contributed by atoms with Gasteiger partial charge in [-0.3, -0.25) is 9.59 Å². The molecular formula is C22H24N2O4S. The van der Waals surface area contributed by atoms with Crippen molar-refractivity contribution in [2.24, 2.45) is 0 Å². The van der Waals surface area contributed by atoms with E-state index in [2.05, 4.69) is 0 Å². The number of amides is 2. The van der Waals surface area contributed by atoms with Gasteiger partial charge < -0.3 is 19.3 Å². The Bertz CT molecular complexity index is 904. The molecule has 2 aliphatic rings. The van der Waals surface area contributed by atoms with Gasteiger partial charge in [-0.1, -0.05) is 24.3 Å². The lowest BCUT2D eigenvalue weighted by Crippen LogP contribution is -2.42. The summed E-state index contributed by atoms with van der Waals surface area (Å²) in [6.07, 6.45) is 0.166. The van der Waals surface area contributed by atoms with Crippen molar-refractivity contribution in [3.8, 4) is 11.5 Å². The fraction of sp³-hybridized carbons (Fsp3) is 0.364. The molecule has 2 aliphatic heterocycles. The largest absolute Gasteiger partial charge is 0.486 e. The highest BCUT2D eigenvalue weighted by Crippen LogP contribution is 2.34. The van der Waals surface area contributed by atoms with Crippen LogP contribution >= 0.6 is 11.8 Å². The lowest BCUT2D eigenvalue weighted by Gasteiger charge is -2.30. The smallest absolute Gasteiger partial charge is 0.227 e. The molecule has 0 aromatic heterocycles. The van der Waals surface area contributed by atoms with E-state index in [1.807, 2.05) is 48.5 Å². The highest BCUT2D eigenvalue weighted by molar-refractivity contribution is 7.99. The highest BCUT2D eigenvalue weighted by Gasteiger charge is 2.26. The highest BCUT2D eigenvalue weighted by atomic mass is 32.2. The van der Waals surface area contributed by atoms with Gasteiger partial charge in [0.15, 0.2) is 17.6 Å². The SMILES string of the molecule is CN(CC1COc2ccccc2O1)C(=O)CCC(=O)N1CCSc2ccccc21. The molecular weight excluding hydrogens is 388 g/mol. The summed E-state index contributed by atoms with van der Waals surface area (Å²) < 4.78 is 11.6. The van der Waals surface area contributed by atoms with Crippen LogP contribution in [0, 0.1) is 0 Å². The van der Waals surface area contributed by atoms with Crippen molar-refractivity contribution in [1.82, 2.24) is 4.90 Å². The zero-order valence-electron chi connectivity index (χ0n) is 16.4. The Morgan fingerprint density at radius 3 is 2.72 bits per heavy atom. The van der Waals surface area contributed by atoms with Crippen LogP contribution in [0.4, 0.5) is 5.69 Å². The minimum Gasteiger partial charge on any atom is -0.486 e. The fourth-order valence-corrected chi connectivity index (χ4v) is 4.52. The Hall–Kier alpha value is -2.67. The van der Waals surface area contributed by atoms with Crippen LogP contribution in [-0.4, -0.2) is 55.3 Å². The van der Waals surface area contributed by atoms with Crippen molar-refractivity contribution in [2.75, 3.05) is 37.4 Å². The second-order valence-corrected chi connectivity index (χ2v) is 8.27. The van der Waals surface area contributed by atoms with Gasteiger partial charge in [0.25, 0.3) is 0 Å². The number of thioether (sulfide) groups is 1. The minimum absolute atomic E-state index is 0.00863. The van der Waals surface area contributed by atoms with Crippen molar-refractivity contribution in [3.63, 3.8) is 0 Å². The van der Waals surface area contributed by atoms with Gasteiger partial charge in [0, 0.05) is 37.1 Å². The number of fused-ring (bicyclic) bond motifs is 2. The summed E-state index contributed by atoms with van der Waals surface area (Å²) in [5, 5.41) is 0. The van der Waals surface area contributed by atoms with E-state index in [1.54, 1.807) is 28.6 Å². The molecule has 1 atom stereocenters. The van der Waals surface area contributed by atoms with Crippen molar-refractivity contribution < 1.29 is 19.1 Å². The van der Waals surface area contributed by atoms with E-state index in [-0.39, 0.29) is 30.8 Å². The molecule has 2 heterocycles. The summed E-state index contributed by atoms with van der Waals surface area (Å²) in [7, 11) is 1.74. The minimum atomic E-state index is -0.222. The molecule has 2 aromatic carbocycles.